The van der Waals surface area contributed by atoms with Crippen LogP contribution < -0.4 is 15.4 Å². The number of nitrogens with one attached hydrogen (secondary N) is 2. The number of ether oxygens (including phenoxy) is 1. The van der Waals surface area contributed by atoms with E-state index in [0.717, 1.165) is 24.2 Å². The quantitative estimate of drug-likeness (QED) is 0.842. The molecule has 0 spiro atoms. The van der Waals surface area contributed by atoms with Gasteiger partial charge in [0.1, 0.15) is 12.4 Å². The summed E-state index contributed by atoms with van der Waals surface area (Å²) in [5.74, 6) is 1.07. The minimum Gasteiger partial charge on any atom is -0.490 e. The first kappa shape index (κ1) is 19.1. The van der Waals surface area contributed by atoms with Crippen molar-refractivity contribution in [1.29, 1.82) is 0 Å². The van der Waals surface area contributed by atoms with Crippen molar-refractivity contribution in [2.24, 2.45) is 0 Å². The van der Waals surface area contributed by atoms with Crippen LogP contribution in [0.15, 0.2) is 30.6 Å². The Labute approximate surface area is 160 Å². The predicted octanol–water partition coefficient (Wildman–Crippen LogP) is 3.60. The summed E-state index contributed by atoms with van der Waals surface area (Å²) in [5, 5.41) is 5.55. The highest BCUT2D eigenvalue weighted by Gasteiger charge is 2.20. The Balaban J connectivity index is 1.64. The van der Waals surface area contributed by atoms with Gasteiger partial charge in [-0.25, -0.2) is 9.78 Å². The number of carbonyl (C=O) groups excluding carboxylic acids is 1. The van der Waals surface area contributed by atoms with Gasteiger partial charge in [-0.3, -0.25) is 10.3 Å². The minimum absolute atomic E-state index is 0.376. The van der Waals surface area contributed by atoms with Crippen LogP contribution in [0.25, 0.3) is 0 Å². The normalized spacial score (nSPS) is 17.4. The van der Waals surface area contributed by atoms with E-state index in [1.54, 1.807) is 6.20 Å². The number of hydrogen-bond acceptors (Lipinski definition) is 5. The fourth-order valence-electron chi connectivity index (χ4n) is 3.14. The van der Waals surface area contributed by atoms with Crippen LogP contribution in [-0.2, 0) is 0 Å². The molecule has 2 aromatic rings. The van der Waals surface area contributed by atoms with Gasteiger partial charge in [0.2, 0.25) is 0 Å². The summed E-state index contributed by atoms with van der Waals surface area (Å²) < 4.78 is 6.06. The zero-order valence-corrected chi connectivity index (χ0v) is 16.2. The van der Waals surface area contributed by atoms with Gasteiger partial charge in [-0.1, -0.05) is 12.5 Å². The number of aromatic nitrogens is 2. The summed E-state index contributed by atoms with van der Waals surface area (Å²) in [6.45, 7) is 5.54. The molecule has 1 unspecified atom stereocenters. The van der Waals surface area contributed by atoms with E-state index in [2.05, 4.69) is 32.5 Å². The van der Waals surface area contributed by atoms with Crippen molar-refractivity contribution in [1.82, 2.24) is 14.9 Å². The summed E-state index contributed by atoms with van der Waals surface area (Å²) in [4.78, 5) is 22.9. The van der Waals surface area contributed by atoms with Gasteiger partial charge in [-0.05, 0) is 58.0 Å². The molecule has 1 saturated heterocycles. The monoisotopic (exact) mass is 369 g/mol. The fraction of sp³-hybridized carbons (Fsp3) is 0.450. The van der Waals surface area contributed by atoms with Gasteiger partial charge in [0, 0.05) is 6.04 Å². The van der Waals surface area contributed by atoms with E-state index in [0.29, 0.717) is 29.9 Å². The lowest BCUT2D eigenvalue weighted by Gasteiger charge is -2.32. The molecule has 2 amide bonds. The first-order valence-electron chi connectivity index (χ1n) is 9.31. The molecule has 2 N–H and O–H groups in total. The molecule has 3 rings (SSSR count). The topological polar surface area (TPSA) is 79.4 Å². The zero-order valence-electron chi connectivity index (χ0n) is 16.2. The van der Waals surface area contributed by atoms with Crippen molar-refractivity contribution in [2.75, 3.05) is 30.8 Å². The molecule has 0 aliphatic carbocycles. The molecule has 2 heterocycles. The first-order chi connectivity index (χ1) is 13.0. The molecular weight excluding hydrogens is 342 g/mol. The lowest BCUT2D eigenvalue weighted by molar-refractivity contribution is 0.125. The Kier molecular flexibility index (Phi) is 6.24. The van der Waals surface area contributed by atoms with Crippen molar-refractivity contribution in [3.63, 3.8) is 0 Å². The van der Waals surface area contributed by atoms with Gasteiger partial charge >= 0.3 is 6.03 Å². The highest BCUT2D eigenvalue weighted by atomic mass is 16.5. The zero-order chi connectivity index (χ0) is 19.2. The summed E-state index contributed by atoms with van der Waals surface area (Å²) in [6.07, 6.45) is 6.75. The molecular formula is C20H27N5O2. The van der Waals surface area contributed by atoms with Crippen LogP contribution in [0, 0.1) is 13.8 Å². The number of urea groups is 1. The van der Waals surface area contributed by atoms with E-state index in [4.69, 9.17) is 4.74 Å². The first-order valence-corrected chi connectivity index (χ1v) is 9.31. The maximum absolute atomic E-state index is 12.3. The van der Waals surface area contributed by atoms with Crippen LogP contribution in [0.4, 0.5) is 16.3 Å². The third kappa shape index (κ3) is 5.40. The maximum Gasteiger partial charge on any atom is 0.324 e. The number of nitrogens with zero attached hydrogens (tertiary/aromatic N) is 3. The van der Waals surface area contributed by atoms with Crippen molar-refractivity contribution < 1.29 is 9.53 Å². The lowest BCUT2D eigenvalue weighted by Crippen LogP contribution is -2.40. The van der Waals surface area contributed by atoms with Gasteiger partial charge in [0.05, 0.1) is 23.8 Å². The number of aryl methyl sites for hydroxylation is 2. The number of anilines is 2. The molecule has 0 saturated carbocycles. The second-order valence-electron chi connectivity index (χ2n) is 7.06. The van der Waals surface area contributed by atoms with Crippen LogP contribution in [-0.4, -0.2) is 47.1 Å². The van der Waals surface area contributed by atoms with Crippen LogP contribution in [0.3, 0.4) is 0 Å². The van der Waals surface area contributed by atoms with Crippen molar-refractivity contribution >= 4 is 17.5 Å². The van der Waals surface area contributed by atoms with Crippen molar-refractivity contribution in [3.05, 3.63) is 41.9 Å². The largest absolute Gasteiger partial charge is 0.490 e. The van der Waals surface area contributed by atoms with Gasteiger partial charge < -0.3 is 15.0 Å². The lowest BCUT2D eigenvalue weighted by atomic mass is 10.0. The SMILES string of the molecule is Cc1ccc(OCC2CCCCN2C)c(NC(=O)Nc2cnc(C)cn2)c1. The molecule has 7 nitrogen and oxygen atoms in total. The number of likely N-dealkylation sites (tertiary alicyclic amines) is 1. The smallest absolute Gasteiger partial charge is 0.324 e. The Morgan fingerprint density at radius 2 is 2.07 bits per heavy atom. The van der Waals surface area contributed by atoms with Crippen molar-refractivity contribution in [2.45, 2.75) is 39.2 Å². The second kappa shape index (κ2) is 8.81. The van der Waals surface area contributed by atoms with Crippen LogP contribution >= 0.6 is 0 Å². The third-order valence-corrected chi connectivity index (χ3v) is 4.76. The molecule has 1 aliphatic heterocycles. The molecule has 1 atom stereocenters. The number of benzene rings is 1. The highest BCUT2D eigenvalue weighted by molar-refractivity contribution is 6.00. The molecule has 1 fully saturated rings. The van der Waals surface area contributed by atoms with Gasteiger partial charge in [0.15, 0.2) is 5.82 Å². The Hall–Kier alpha value is -2.67. The molecule has 0 bridgehead atoms. The van der Waals surface area contributed by atoms with Gasteiger partial charge in [-0.2, -0.15) is 0 Å². The van der Waals surface area contributed by atoms with Crippen molar-refractivity contribution in [3.8, 4) is 5.75 Å². The number of rotatable bonds is 5. The minimum atomic E-state index is -0.376. The fourth-order valence-corrected chi connectivity index (χ4v) is 3.14. The molecule has 1 aliphatic rings. The Morgan fingerprint density at radius 1 is 1.22 bits per heavy atom. The average Bonchev–Trinajstić information content (AvgIpc) is 2.64. The summed E-state index contributed by atoms with van der Waals surface area (Å²) >= 11 is 0. The average molecular weight is 369 g/mol. The highest BCUT2D eigenvalue weighted by Crippen LogP contribution is 2.27. The summed E-state index contributed by atoms with van der Waals surface area (Å²) in [7, 11) is 2.14. The van der Waals surface area contributed by atoms with Crippen LogP contribution in [0.2, 0.25) is 0 Å². The molecule has 27 heavy (non-hydrogen) atoms. The van der Waals surface area contributed by atoms with E-state index in [1.165, 1.54) is 19.0 Å². The van der Waals surface area contributed by atoms with Gasteiger partial charge in [0.25, 0.3) is 0 Å². The molecule has 1 aromatic carbocycles. The van der Waals surface area contributed by atoms with Crippen LogP contribution in [0.1, 0.15) is 30.5 Å². The van der Waals surface area contributed by atoms with E-state index >= 15 is 0 Å². The second-order valence-corrected chi connectivity index (χ2v) is 7.06. The number of carbonyl (C=O) groups is 1. The van der Waals surface area contributed by atoms with Crippen LogP contribution in [0.5, 0.6) is 5.75 Å². The third-order valence-electron chi connectivity index (χ3n) is 4.76. The molecule has 0 radical (unpaired) electrons. The number of likely N-dealkylation sites (N-methyl/N-ethyl adjacent to an activating group) is 1. The summed E-state index contributed by atoms with van der Waals surface area (Å²) in [5.41, 5.74) is 2.48. The molecule has 7 heteroatoms. The Bertz CT molecular complexity index is 778. The summed E-state index contributed by atoms with van der Waals surface area (Å²) in [6, 6.07) is 5.82. The molecule has 1 aromatic heterocycles. The van der Waals surface area contributed by atoms with Gasteiger partial charge in [-0.15, -0.1) is 0 Å². The van der Waals surface area contributed by atoms with E-state index in [1.807, 2.05) is 32.0 Å². The van der Waals surface area contributed by atoms with E-state index < -0.39 is 0 Å². The number of piperidine rings is 1. The predicted molar refractivity (Wildman–Crippen MR) is 106 cm³/mol. The molecule has 144 valence electrons. The standard InChI is InChI=1S/C20H27N5O2/c1-14-7-8-18(27-13-16-6-4-5-9-25(16)3)17(10-14)23-20(26)24-19-12-21-15(2)11-22-19/h7-8,10-12,16H,4-6,9,13H2,1-3H3,(H2,22,23,24,26). The number of hydrogen-bond donors (Lipinski definition) is 2. The van der Waals surface area contributed by atoms with E-state index in [-0.39, 0.29) is 6.03 Å². The van der Waals surface area contributed by atoms with E-state index in [9.17, 15) is 4.79 Å². The Morgan fingerprint density at radius 3 is 2.81 bits per heavy atom. The maximum atomic E-state index is 12.3. The number of amides is 2.